The number of hydrogen-bond donors (Lipinski definition) is 1. The monoisotopic (exact) mass is 236 g/mol. The fourth-order valence-electron chi connectivity index (χ4n) is 2.13. The second kappa shape index (κ2) is 5.36. The predicted octanol–water partition coefficient (Wildman–Crippen LogP) is 1.93. The molecule has 17 heavy (non-hydrogen) atoms. The van der Waals surface area contributed by atoms with Gasteiger partial charge in [-0.1, -0.05) is 0 Å². The number of nitrogens with two attached hydrogens (primary N) is 1. The van der Waals surface area contributed by atoms with E-state index >= 15 is 0 Å². The van der Waals surface area contributed by atoms with Gasteiger partial charge in [0.25, 0.3) is 5.91 Å². The summed E-state index contributed by atoms with van der Waals surface area (Å²) < 4.78 is 5.28. The van der Waals surface area contributed by atoms with E-state index in [2.05, 4.69) is 0 Å². The summed E-state index contributed by atoms with van der Waals surface area (Å²) in [6, 6.07) is 2.22. The summed E-state index contributed by atoms with van der Waals surface area (Å²) in [7, 11) is 0. The lowest BCUT2D eigenvalue weighted by molar-refractivity contribution is 0.0545. The van der Waals surface area contributed by atoms with Crippen molar-refractivity contribution in [1.29, 1.82) is 0 Å². The molecule has 0 saturated heterocycles. The number of carbonyl (C=O) groups is 1. The van der Waals surface area contributed by atoms with Crippen molar-refractivity contribution in [3.8, 4) is 0 Å². The van der Waals surface area contributed by atoms with Crippen LogP contribution in [0.4, 0.5) is 0 Å². The van der Waals surface area contributed by atoms with Crippen molar-refractivity contribution in [3.05, 3.63) is 23.7 Å². The van der Waals surface area contributed by atoms with Crippen LogP contribution in [-0.2, 0) is 0 Å². The number of aryl methyl sites for hydroxylation is 1. The highest BCUT2D eigenvalue weighted by Gasteiger charge is 2.30. The van der Waals surface area contributed by atoms with Crippen molar-refractivity contribution in [2.24, 2.45) is 5.73 Å². The van der Waals surface area contributed by atoms with Gasteiger partial charge in [-0.05, 0) is 45.2 Å². The number of rotatable bonds is 5. The second-order valence-electron chi connectivity index (χ2n) is 4.66. The van der Waals surface area contributed by atoms with E-state index in [1.807, 2.05) is 17.9 Å². The quantitative estimate of drug-likeness (QED) is 0.849. The van der Waals surface area contributed by atoms with Crippen LogP contribution in [0.1, 0.15) is 41.8 Å². The van der Waals surface area contributed by atoms with E-state index in [4.69, 9.17) is 10.2 Å². The Balaban J connectivity index is 2.09. The Bertz CT molecular complexity index is 383. The van der Waals surface area contributed by atoms with E-state index in [1.165, 1.54) is 6.42 Å². The second-order valence-corrected chi connectivity index (χ2v) is 4.66. The van der Waals surface area contributed by atoms with Gasteiger partial charge in [-0.25, -0.2) is 0 Å². The number of amides is 1. The average Bonchev–Trinajstić information content (AvgIpc) is 2.67. The fraction of sp³-hybridized carbons (Fsp3) is 0.615. The molecule has 0 atom stereocenters. The van der Waals surface area contributed by atoms with E-state index in [1.54, 1.807) is 6.26 Å². The van der Waals surface area contributed by atoms with Crippen LogP contribution in [0.25, 0.3) is 0 Å². The molecular weight excluding hydrogens is 216 g/mol. The van der Waals surface area contributed by atoms with Gasteiger partial charge in [-0.15, -0.1) is 0 Å². The molecule has 1 fully saturated rings. The van der Waals surface area contributed by atoms with Crippen molar-refractivity contribution in [1.82, 2.24) is 4.90 Å². The molecule has 1 aromatic rings. The minimum Gasteiger partial charge on any atom is -0.459 e. The molecule has 1 aromatic heterocycles. The molecule has 1 heterocycles. The summed E-state index contributed by atoms with van der Waals surface area (Å²) >= 11 is 0. The highest BCUT2D eigenvalue weighted by Crippen LogP contribution is 2.27. The third kappa shape index (κ3) is 2.52. The molecule has 2 rings (SSSR count). The van der Waals surface area contributed by atoms with Gasteiger partial charge >= 0.3 is 0 Å². The van der Waals surface area contributed by atoms with E-state index in [9.17, 15) is 4.79 Å². The first kappa shape index (κ1) is 12.2. The highest BCUT2D eigenvalue weighted by molar-refractivity contribution is 5.93. The maximum Gasteiger partial charge on any atom is 0.290 e. The van der Waals surface area contributed by atoms with Crippen molar-refractivity contribution in [2.45, 2.75) is 38.6 Å². The molecule has 4 heteroatoms. The van der Waals surface area contributed by atoms with Crippen LogP contribution >= 0.6 is 0 Å². The Morgan fingerprint density at radius 3 is 2.82 bits per heavy atom. The molecule has 0 aromatic carbocycles. The average molecular weight is 236 g/mol. The van der Waals surface area contributed by atoms with Crippen LogP contribution in [0, 0.1) is 6.92 Å². The molecule has 0 radical (unpaired) electrons. The van der Waals surface area contributed by atoms with E-state index in [-0.39, 0.29) is 5.91 Å². The van der Waals surface area contributed by atoms with Crippen LogP contribution in [0.2, 0.25) is 0 Å². The number of nitrogens with zero attached hydrogens (tertiary/aromatic N) is 1. The van der Waals surface area contributed by atoms with Crippen LogP contribution in [0.3, 0.4) is 0 Å². The summed E-state index contributed by atoms with van der Waals surface area (Å²) in [5, 5.41) is 0. The van der Waals surface area contributed by atoms with Crippen molar-refractivity contribution in [2.75, 3.05) is 13.1 Å². The molecule has 1 amide bonds. The SMILES string of the molecule is Cc1ccoc1C(=O)N(CCCN)C1CCC1. The van der Waals surface area contributed by atoms with Crippen molar-refractivity contribution < 1.29 is 9.21 Å². The van der Waals surface area contributed by atoms with E-state index in [0.29, 0.717) is 18.3 Å². The Kier molecular flexibility index (Phi) is 3.84. The topological polar surface area (TPSA) is 59.5 Å². The first-order chi connectivity index (χ1) is 8.24. The minimum atomic E-state index is 0.0191. The number of hydrogen-bond acceptors (Lipinski definition) is 3. The Morgan fingerprint density at radius 2 is 2.35 bits per heavy atom. The van der Waals surface area contributed by atoms with Crippen LogP contribution in [0.15, 0.2) is 16.7 Å². The van der Waals surface area contributed by atoms with Gasteiger partial charge in [-0.2, -0.15) is 0 Å². The molecule has 0 spiro atoms. The van der Waals surface area contributed by atoms with E-state index < -0.39 is 0 Å². The van der Waals surface area contributed by atoms with Gasteiger partial charge in [0.15, 0.2) is 5.76 Å². The first-order valence-electron chi connectivity index (χ1n) is 6.29. The third-order valence-corrected chi connectivity index (χ3v) is 3.44. The van der Waals surface area contributed by atoms with Gasteiger partial charge in [0.2, 0.25) is 0 Å². The lowest BCUT2D eigenvalue weighted by Gasteiger charge is -2.37. The smallest absolute Gasteiger partial charge is 0.290 e. The number of furan rings is 1. The number of carbonyl (C=O) groups excluding carboxylic acids is 1. The molecule has 1 aliphatic carbocycles. The molecular formula is C13H20N2O2. The zero-order chi connectivity index (χ0) is 12.3. The molecule has 2 N–H and O–H groups in total. The maximum atomic E-state index is 12.4. The highest BCUT2D eigenvalue weighted by atomic mass is 16.3. The van der Waals surface area contributed by atoms with Gasteiger partial charge in [0, 0.05) is 18.2 Å². The lowest BCUT2D eigenvalue weighted by atomic mass is 9.91. The van der Waals surface area contributed by atoms with Gasteiger partial charge < -0.3 is 15.1 Å². The Labute approximate surface area is 102 Å². The van der Waals surface area contributed by atoms with Crippen LogP contribution < -0.4 is 5.73 Å². The molecule has 1 saturated carbocycles. The van der Waals surface area contributed by atoms with Gasteiger partial charge in [0.05, 0.1) is 6.26 Å². The summed E-state index contributed by atoms with van der Waals surface area (Å²) in [5.41, 5.74) is 6.43. The largest absolute Gasteiger partial charge is 0.459 e. The lowest BCUT2D eigenvalue weighted by Crippen LogP contribution is -2.45. The molecule has 0 aliphatic heterocycles. The van der Waals surface area contributed by atoms with Gasteiger partial charge in [-0.3, -0.25) is 4.79 Å². The normalized spacial score (nSPS) is 15.6. The minimum absolute atomic E-state index is 0.0191. The molecule has 4 nitrogen and oxygen atoms in total. The Hall–Kier alpha value is -1.29. The van der Waals surface area contributed by atoms with Crippen molar-refractivity contribution in [3.63, 3.8) is 0 Å². The van der Waals surface area contributed by atoms with Crippen molar-refractivity contribution >= 4 is 5.91 Å². The summed E-state index contributed by atoms with van der Waals surface area (Å²) in [6.07, 6.45) is 5.85. The standard InChI is InChI=1S/C13H20N2O2/c1-10-6-9-17-12(10)13(16)15(8-3-7-14)11-4-2-5-11/h6,9,11H,2-5,7-8,14H2,1H3. The third-order valence-electron chi connectivity index (χ3n) is 3.44. The molecule has 94 valence electrons. The molecule has 0 bridgehead atoms. The van der Waals surface area contributed by atoms with E-state index in [0.717, 1.165) is 31.4 Å². The summed E-state index contributed by atoms with van der Waals surface area (Å²) in [6.45, 7) is 3.26. The molecule has 1 aliphatic rings. The summed E-state index contributed by atoms with van der Waals surface area (Å²) in [5.74, 6) is 0.500. The molecule has 0 unspecified atom stereocenters. The fourth-order valence-corrected chi connectivity index (χ4v) is 2.13. The van der Waals surface area contributed by atoms with Crippen LogP contribution in [-0.4, -0.2) is 29.9 Å². The Morgan fingerprint density at radius 1 is 1.59 bits per heavy atom. The van der Waals surface area contributed by atoms with Gasteiger partial charge in [0.1, 0.15) is 0 Å². The zero-order valence-corrected chi connectivity index (χ0v) is 10.3. The summed E-state index contributed by atoms with van der Waals surface area (Å²) in [4.78, 5) is 14.3. The zero-order valence-electron chi connectivity index (χ0n) is 10.3. The predicted molar refractivity (Wildman–Crippen MR) is 65.8 cm³/mol. The first-order valence-corrected chi connectivity index (χ1v) is 6.29. The maximum absolute atomic E-state index is 12.4. The van der Waals surface area contributed by atoms with Crippen LogP contribution in [0.5, 0.6) is 0 Å².